The SMILES string of the molecule is O=C(Nc1cc(Br)ccc1-n1cncn1)c1ccc(OCC(F)(F)F)nc1. The number of benzene rings is 1. The number of nitrogens with one attached hydrogen (secondary N) is 1. The normalized spacial score (nSPS) is 11.3. The molecule has 0 aliphatic carbocycles. The number of aromatic nitrogens is 4. The van der Waals surface area contributed by atoms with Crippen LogP contribution < -0.4 is 10.1 Å². The summed E-state index contributed by atoms with van der Waals surface area (Å²) in [6, 6.07) is 7.71. The number of ether oxygens (including phenoxy) is 1. The molecule has 0 aliphatic heterocycles. The van der Waals surface area contributed by atoms with Crippen molar-refractivity contribution in [2.24, 2.45) is 0 Å². The number of anilines is 1. The summed E-state index contributed by atoms with van der Waals surface area (Å²) in [5.41, 5.74) is 1.19. The van der Waals surface area contributed by atoms with Gasteiger partial charge in [-0.2, -0.15) is 18.3 Å². The molecule has 0 atom stereocenters. The zero-order valence-electron chi connectivity index (χ0n) is 13.4. The summed E-state index contributed by atoms with van der Waals surface area (Å²) in [5.74, 6) is -0.723. The van der Waals surface area contributed by atoms with Gasteiger partial charge >= 0.3 is 6.18 Å². The summed E-state index contributed by atoms with van der Waals surface area (Å²) in [6.45, 7) is -1.45. The average Bonchev–Trinajstić information content (AvgIpc) is 3.14. The number of alkyl halides is 3. The summed E-state index contributed by atoms with van der Waals surface area (Å²) in [7, 11) is 0. The lowest BCUT2D eigenvalue weighted by Gasteiger charge is -2.12. The van der Waals surface area contributed by atoms with Crippen molar-refractivity contribution in [3.63, 3.8) is 0 Å². The van der Waals surface area contributed by atoms with Gasteiger partial charge in [-0.15, -0.1) is 0 Å². The van der Waals surface area contributed by atoms with Crippen LogP contribution in [0, 0.1) is 0 Å². The number of amides is 1. The lowest BCUT2D eigenvalue weighted by molar-refractivity contribution is -0.154. The van der Waals surface area contributed by atoms with Gasteiger partial charge in [-0.05, 0) is 24.3 Å². The molecule has 27 heavy (non-hydrogen) atoms. The average molecular weight is 442 g/mol. The molecule has 11 heteroatoms. The number of nitrogens with zero attached hydrogens (tertiary/aromatic N) is 4. The first-order valence-electron chi connectivity index (χ1n) is 7.43. The van der Waals surface area contributed by atoms with Gasteiger partial charge in [0.1, 0.15) is 12.7 Å². The maximum atomic E-state index is 12.4. The minimum atomic E-state index is -4.46. The predicted octanol–water partition coefficient (Wildman–Crippen LogP) is 3.62. The van der Waals surface area contributed by atoms with E-state index in [4.69, 9.17) is 0 Å². The summed E-state index contributed by atoms with van der Waals surface area (Å²) in [5, 5.41) is 6.74. The topological polar surface area (TPSA) is 81.9 Å². The minimum absolute atomic E-state index is 0.152. The highest BCUT2D eigenvalue weighted by atomic mass is 79.9. The third kappa shape index (κ3) is 5.03. The van der Waals surface area contributed by atoms with E-state index in [0.717, 1.165) is 10.7 Å². The predicted molar refractivity (Wildman–Crippen MR) is 92.8 cm³/mol. The van der Waals surface area contributed by atoms with E-state index >= 15 is 0 Å². The first-order valence-corrected chi connectivity index (χ1v) is 8.23. The molecular formula is C16H11BrF3N5O2. The maximum Gasteiger partial charge on any atom is 0.422 e. The first-order chi connectivity index (χ1) is 12.8. The van der Waals surface area contributed by atoms with Crippen molar-refractivity contribution in [3.05, 3.63) is 59.2 Å². The highest BCUT2D eigenvalue weighted by Crippen LogP contribution is 2.25. The number of carbonyl (C=O) groups is 1. The maximum absolute atomic E-state index is 12.4. The van der Waals surface area contributed by atoms with Crippen molar-refractivity contribution in [3.8, 4) is 11.6 Å². The van der Waals surface area contributed by atoms with Crippen LogP contribution in [0.4, 0.5) is 18.9 Å². The molecule has 1 aromatic carbocycles. The Kier molecular flexibility index (Phi) is 5.40. The third-order valence-corrected chi connectivity index (χ3v) is 3.75. The Labute approximate surface area is 159 Å². The number of hydrogen-bond donors (Lipinski definition) is 1. The summed E-state index contributed by atoms with van der Waals surface area (Å²) in [6.07, 6.45) is -0.491. The molecule has 0 fully saturated rings. The van der Waals surface area contributed by atoms with Gasteiger partial charge in [0.25, 0.3) is 5.91 Å². The van der Waals surface area contributed by atoms with Crippen LogP contribution in [0.2, 0.25) is 0 Å². The molecule has 2 aromatic heterocycles. The zero-order valence-corrected chi connectivity index (χ0v) is 15.0. The number of carbonyl (C=O) groups excluding carboxylic acids is 1. The molecule has 2 heterocycles. The van der Waals surface area contributed by atoms with Crippen LogP contribution in [0.3, 0.4) is 0 Å². The van der Waals surface area contributed by atoms with Gasteiger partial charge in [0.05, 0.1) is 16.9 Å². The highest BCUT2D eigenvalue weighted by molar-refractivity contribution is 9.10. The van der Waals surface area contributed by atoms with E-state index in [1.165, 1.54) is 29.5 Å². The van der Waals surface area contributed by atoms with Crippen molar-refractivity contribution in [2.45, 2.75) is 6.18 Å². The van der Waals surface area contributed by atoms with Crippen molar-refractivity contribution >= 4 is 27.5 Å². The van der Waals surface area contributed by atoms with Gasteiger partial charge in [-0.1, -0.05) is 15.9 Å². The Bertz CT molecular complexity index is 930. The molecule has 0 spiro atoms. The van der Waals surface area contributed by atoms with Crippen LogP contribution in [0.25, 0.3) is 5.69 Å². The monoisotopic (exact) mass is 441 g/mol. The Hall–Kier alpha value is -2.95. The lowest BCUT2D eigenvalue weighted by atomic mass is 10.2. The van der Waals surface area contributed by atoms with Crippen LogP contribution in [-0.2, 0) is 0 Å². The largest absolute Gasteiger partial charge is 0.468 e. The molecule has 0 bridgehead atoms. The van der Waals surface area contributed by atoms with Crippen LogP contribution in [0.15, 0.2) is 53.7 Å². The van der Waals surface area contributed by atoms with Crippen molar-refractivity contribution in [1.29, 1.82) is 0 Å². The van der Waals surface area contributed by atoms with E-state index in [1.807, 2.05) is 0 Å². The van der Waals surface area contributed by atoms with Gasteiger partial charge in [0, 0.05) is 16.7 Å². The molecule has 0 saturated carbocycles. The van der Waals surface area contributed by atoms with Gasteiger partial charge < -0.3 is 10.1 Å². The number of rotatable bonds is 5. The Morgan fingerprint density at radius 2 is 2.07 bits per heavy atom. The molecule has 1 amide bonds. The van der Waals surface area contributed by atoms with Crippen LogP contribution >= 0.6 is 15.9 Å². The van der Waals surface area contributed by atoms with E-state index in [-0.39, 0.29) is 11.4 Å². The van der Waals surface area contributed by atoms with Crippen molar-refractivity contribution in [2.75, 3.05) is 11.9 Å². The number of hydrogen-bond acceptors (Lipinski definition) is 5. The molecule has 1 N–H and O–H groups in total. The second kappa shape index (κ2) is 7.74. The molecule has 0 aliphatic rings. The fourth-order valence-corrected chi connectivity index (χ4v) is 2.45. The smallest absolute Gasteiger partial charge is 0.422 e. The number of pyridine rings is 1. The standard InChI is InChI=1S/C16H11BrF3N5O2/c17-11-2-3-13(25-9-21-8-23-25)12(5-11)24-15(26)10-1-4-14(22-6-10)27-7-16(18,19)20/h1-6,8-9H,7H2,(H,24,26). The third-order valence-electron chi connectivity index (χ3n) is 3.25. The Balaban J connectivity index is 1.75. The zero-order chi connectivity index (χ0) is 19.4. The molecule has 0 radical (unpaired) electrons. The van der Waals surface area contributed by atoms with Gasteiger partial charge in [-0.25, -0.2) is 14.6 Å². The molecule has 3 aromatic rings. The number of halogens is 4. The van der Waals surface area contributed by atoms with Crippen LogP contribution in [0.5, 0.6) is 5.88 Å². The minimum Gasteiger partial charge on any atom is -0.468 e. The van der Waals surface area contributed by atoms with Crippen LogP contribution in [-0.4, -0.2) is 38.4 Å². The van der Waals surface area contributed by atoms with E-state index in [1.54, 1.807) is 18.2 Å². The van der Waals surface area contributed by atoms with E-state index in [0.29, 0.717) is 11.4 Å². The Morgan fingerprint density at radius 1 is 1.26 bits per heavy atom. The van der Waals surface area contributed by atoms with E-state index in [9.17, 15) is 18.0 Å². The van der Waals surface area contributed by atoms with Gasteiger partial charge in [-0.3, -0.25) is 4.79 Å². The summed E-state index contributed by atoms with van der Waals surface area (Å²) in [4.78, 5) is 20.0. The van der Waals surface area contributed by atoms with E-state index < -0.39 is 18.7 Å². The fourth-order valence-electron chi connectivity index (χ4n) is 2.09. The van der Waals surface area contributed by atoms with Crippen LogP contribution in [0.1, 0.15) is 10.4 Å². The molecule has 140 valence electrons. The van der Waals surface area contributed by atoms with Crippen molar-refractivity contribution in [1.82, 2.24) is 19.7 Å². The van der Waals surface area contributed by atoms with Gasteiger partial charge in [0.2, 0.25) is 5.88 Å². The summed E-state index contributed by atoms with van der Waals surface area (Å²) < 4.78 is 43.2. The lowest BCUT2D eigenvalue weighted by Crippen LogP contribution is -2.20. The summed E-state index contributed by atoms with van der Waals surface area (Å²) >= 11 is 3.33. The second-order valence-electron chi connectivity index (χ2n) is 5.24. The van der Waals surface area contributed by atoms with Crippen molar-refractivity contribution < 1.29 is 22.7 Å². The molecule has 7 nitrogen and oxygen atoms in total. The molecule has 0 unspecified atom stereocenters. The highest BCUT2D eigenvalue weighted by Gasteiger charge is 2.28. The molecule has 0 saturated heterocycles. The quantitative estimate of drug-likeness (QED) is 0.653. The Morgan fingerprint density at radius 3 is 2.70 bits per heavy atom. The van der Waals surface area contributed by atoms with E-state index in [2.05, 4.69) is 41.1 Å². The van der Waals surface area contributed by atoms with Gasteiger partial charge in [0.15, 0.2) is 6.61 Å². The molecular weight excluding hydrogens is 431 g/mol. The first kappa shape index (κ1) is 18.8. The fraction of sp³-hybridized carbons (Fsp3) is 0.125. The second-order valence-corrected chi connectivity index (χ2v) is 6.16. The molecule has 3 rings (SSSR count).